The molecule has 0 aromatic heterocycles. The lowest BCUT2D eigenvalue weighted by Crippen LogP contribution is -2.40. The predicted molar refractivity (Wildman–Crippen MR) is 190 cm³/mol. The van der Waals surface area contributed by atoms with Gasteiger partial charge in [-0.05, 0) is 62.5 Å². The number of piperidine rings is 1. The number of carbonyl (C=O) groups excluding carboxylic acids is 2. The van der Waals surface area contributed by atoms with Crippen molar-refractivity contribution >= 4 is 17.8 Å². The van der Waals surface area contributed by atoms with Gasteiger partial charge in [0, 0.05) is 44.2 Å². The van der Waals surface area contributed by atoms with Gasteiger partial charge >= 0.3 is 6.09 Å². The summed E-state index contributed by atoms with van der Waals surface area (Å²) in [5.41, 5.74) is 10.1. The number of amidine groups is 1. The average molecular weight is 621 g/mol. The summed E-state index contributed by atoms with van der Waals surface area (Å²) in [5.74, 6) is 0.737. The molecule has 7 nitrogen and oxygen atoms in total. The minimum Gasteiger partial charge on any atom is -0.453 e. The van der Waals surface area contributed by atoms with Crippen molar-refractivity contribution in [2.24, 2.45) is 22.6 Å². The number of ether oxygens (including phenoxy) is 1. The highest BCUT2D eigenvalue weighted by atomic mass is 16.5. The van der Waals surface area contributed by atoms with Crippen molar-refractivity contribution in [3.05, 3.63) is 83.6 Å². The molecule has 1 aliphatic heterocycles. The SMILES string of the molecule is CC.CC(C)C.CC/C(=C\C=C/CC(N)=NC(=O)C1CCN(C(=O)OC)CC1)N(C/C1=C/CCC/C=C\C1)Cc1ccccc1. The van der Waals surface area contributed by atoms with Gasteiger partial charge in [-0.15, -0.1) is 0 Å². The number of aliphatic imine (C=N–C) groups is 1. The molecule has 3 rings (SSSR count). The second-order valence-electron chi connectivity index (χ2n) is 11.9. The molecule has 2 N–H and O–H groups in total. The Morgan fingerprint density at radius 3 is 2.36 bits per heavy atom. The Labute approximate surface area is 274 Å². The van der Waals surface area contributed by atoms with Crippen LogP contribution in [0.4, 0.5) is 4.79 Å². The van der Waals surface area contributed by atoms with Gasteiger partial charge in [0.05, 0.1) is 7.11 Å². The van der Waals surface area contributed by atoms with E-state index in [1.807, 2.05) is 26.0 Å². The van der Waals surface area contributed by atoms with E-state index in [9.17, 15) is 9.59 Å². The van der Waals surface area contributed by atoms with Crippen molar-refractivity contribution < 1.29 is 14.3 Å². The fourth-order valence-electron chi connectivity index (χ4n) is 4.95. The molecular formula is C38H60N4O3. The molecule has 1 fully saturated rings. The molecule has 1 aromatic carbocycles. The summed E-state index contributed by atoms with van der Waals surface area (Å²) >= 11 is 0. The van der Waals surface area contributed by atoms with E-state index in [0.29, 0.717) is 38.2 Å². The monoisotopic (exact) mass is 620 g/mol. The summed E-state index contributed by atoms with van der Waals surface area (Å²) in [5, 5.41) is 0. The molecule has 1 heterocycles. The van der Waals surface area contributed by atoms with Crippen LogP contribution in [-0.2, 0) is 16.1 Å². The molecule has 1 aliphatic carbocycles. The van der Waals surface area contributed by atoms with Gasteiger partial charge in [0.15, 0.2) is 0 Å². The lowest BCUT2D eigenvalue weighted by molar-refractivity contribution is -0.122. The lowest BCUT2D eigenvalue weighted by atomic mass is 9.96. The van der Waals surface area contributed by atoms with Crippen LogP contribution in [0.15, 0.2) is 83.1 Å². The van der Waals surface area contributed by atoms with Crippen molar-refractivity contribution in [3.8, 4) is 0 Å². The van der Waals surface area contributed by atoms with E-state index in [4.69, 9.17) is 10.5 Å². The molecule has 0 atom stereocenters. The van der Waals surface area contributed by atoms with E-state index >= 15 is 0 Å². The van der Waals surface area contributed by atoms with Crippen LogP contribution in [0.25, 0.3) is 0 Å². The van der Waals surface area contributed by atoms with Gasteiger partial charge in [0.25, 0.3) is 5.91 Å². The van der Waals surface area contributed by atoms with E-state index in [2.05, 4.69) is 92.2 Å². The van der Waals surface area contributed by atoms with Crippen molar-refractivity contribution in [2.45, 2.75) is 99.5 Å². The van der Waals surface area contributed by atoms with Gasteiger partial charge in [-0.25, -0.2) is 9.79 Å². The minimum atomic E-state index is -0.353. The molecule has 0 spiro atoms. The normalized spacial score (nSPS) is 18.0. The Morgan fingerprint density at radius 1 is 1.07 bits per heavy atom. The van der Waals surface area contributed by atoms with Crippen LogP contribution in [0.3, 0.4) is 0 Å². The highest BCUT2D eigenvalue weighted by molar-refractivity contribution is 5.95. The predicted octanol–water partition coefficient (Wildman–Crippen LogP) is 8.84. The van der Waals surface area contributed by atoms with Crippen molar-refractivity contribution in [1.82, 2.24) is 9.80 Å². The summed E-state index contributed by atoms with van der Waals surface area (Å²) in [6, 6.07) is 10.6. The molecule has 1 aromatic rings. The summed E-state index contributed by atoms with van der Waals surface area (Å²) in [7, 11) is 1.37. The maximum absolute atomic E-state index is 12.6. The third kappa shape index (κ3) is 16.9. The number of hydrogen-bond acceptors (Lipinski definition) is 4. The number of allylic oxidation sites excluding steroid dienone is 6. The van der Waals surface area contributed by atoms with Gasteiger partial charge in [-0.2, -0.15) is 0 Å². The number of nitrogens with zero attached hydrogens (tertiary/aromatic N) is 3. The van der Waals surface area contributed by atoms with Crippen molar-refractivity contribution in [2.75, 3.05) is 26.7 Å². The fourth-order valence-corrected chi connectivity index (χ4v) is 4.95. The summed E-state index contributed by atoms with van der Waals surface area (Å²) < 4.78 is 4.76. The van der Waals surface area contributed by atoms with Crippen LogP contribution in [0.5, 0.6) is 0 Å². The van der Waals surface area contributed by atoms with Gasteiger partial charge in [-0.3, -0.25) is 4.79 Å². The maximum Gasteiger partial charge on any atom is 0.409 e. The first kappa shape index (κ1) is 39.4. The maximum atomic E-state index is 12.6. The third-order valence-electron chi connectivity index (χ3n) is 7.22. The molecule has 0 saturated carbocycles. The van der Waals surface area contributed by atoms with E-state index in [1.54, 1.807) is 4.90 Å². The highest BCUT2D eigenvalue weighted by Gasteiger charge is 2.27. The number of hydrogen-bond donors (Lipinski definition) is 1. The smallest absolute Gasteiger partial charge is 0.409 e. The van der Waals surface area contributed by atoms with Gasteiger partial charge in [0.2, 0.25) is 0 Å². The number of carbonyl (C=O) groups is 2. The lowest BCUT2D eigenvalue weighted by Gasteiger charge is -2.29. The number of nitrogens with two attached hydrogens (primary N) is 1. The standard InChI is InChI=1S/C32H44N4O3.C4H10.C2H6/c1-3-29(36(25-27-16-10-7-11-17-27)24-26-14-8-5-4-6-9-15-26)18-12-13-19-30(33)34-31(37)28-20-22-35(23-21-28)32(38)39-2;1-4(2)3;1-2/h5,7-8,10-13,15-18,28H,3-4,6,9,14,19-25H2,1-2H3,(H2,33,34,37);4H,1-3H3;1-2H3/b8-5-,13-12-,26-15+,29-18+;;. The molecule has 1 saturated heterocycles. The average Bonchev–Trinajstić information content (AvgIpc) is 3.03. The van der Waals surface area contributed by atoms with Crippen LogP contribution in [-0.4, -0.2) is 54.4 Å². The molecule has 45 heavy (non-hydrogen) atoms. The van der Waals surface area contributed by atoms with Crippen molar-refractivity contribution in [1.29, 1.82) is 0 Å². The van der Waals surface area contributed by atoms with Crippen LogP contribution in [0.1, 0.15) is 98.5 Å². The first-order valence-corrected chi connectivity index (χ1v) is 16.9. The Morgan fingerprint density at radius 2 is 1.73 bits per heavy atom. The second-order valence-corrected chi connectivity index (χ2v) is 11.9. The van der Waals surface area contributed by atoms with E-state index in [-0.39, 0.29) is 17.9 Å². The summed E-state index contributed by atoms with van der Waals surface area (Å²) in [6.45, 7) is 15.4. The Balaban J connectivity index is 0.00000156. The zero-order chi connectivity index (χ0) is 33.5. The third-order valence-corrected chi connectivity index (χ3v) is 7.22. The van der Waals surface area contributed by atoms with E-state index in [1.165, 1.54) is 30.4 Å². The Hall–Kier alpha value is -3.61. The number of benzene rings is 1. The molecule has 0 radical (unpaired) electrons. The Bertz CT molecular complexity index is 1120. The topological polar surface area (TPSA) is 88.2 Å². The van der Waals surface area contributed by atoms with Crippen molar-refractivity contribution in [3.63, 3.8) is 0 Å². The molecule has 2 amide bonds. The highest BCUT2D eigenvalue weighted by Crippen LogP contribution is 2.21. The fraction of sp³-hybridized carbons (Fsp3) is 0.553. The van der Waals surface area contributed by atoms with Gasteiger partial charge < -0.3 is 20.3 Å². The zero-order valence-electron chi connectivity index (χ0n) is 29.1. The van der Waals surface area contributed by atoms with Gasteiger partial charge in [-0.1, -0.05) is 108 Å². The van der Waals surface area contributed by atoms with Crippen LogP contribution >= 0.6 is 0 Å². The zero-order valence-corrected chi connectivity index (χ0v) is 29.1. The van der Waals surface area contributed by atoms with Gasteiger partial charge in [0.1, 0.15) is 5.84 Å². The van der Waals surface area contributed by atoms with Crippen LogP contribution in [0.2, 0.25) is 0 Å². The molecule has 250 valence electrons. The molecule has 2 aliphatic rings. The first-order chi connectivity index (χ1) is 21.7. The van der Waals surface area contributed by atoms with Crippen LogP contribution in [0, 0.1) is 11.8 Å². The molecule has 7 heteroatoms. The minimum absolute atomic E-state index is 0.203. The molecular weight excluding hydrogens is 560 g/mol. The number of methoxy groups -OCH3 is 1. The summed E-state index contributed by atoms with van der Waals surface area (Å²) in [4.78, 5) is 32.4. The number of likely N-dealkylation sites (tertiary alicyclic amines) is 1. The van der Waals surface area contributed by atoms with E-state index < -0.39 is 0 Å². The number of amides is 2. The van der Waals surface area contributed by atoms with E-state index in [0.717, 1.165) is 44.7 Å². The molecule has 0 unspecified atom stereocenters. The Kier molecular flexibility index (Phi) is 20.8. The summed E-state index contributed by atoms with van der Waals surface area (Å²) in [6.07, 6.45) is 19.8. The molecule has 0 bridgehead atoms. The quantitative estimate of drug-likeness (QED) is 0.122. The van der Waals surface area contributed by atoms with Crippen LogP contribution < -0.4 is 5.73 Å². The largest absolute Gasteiger partial charge is 0.453 e. The first-order valence-electron chi connectivity index (χ1n) is 16.9. The number of rotatable bonds is 10. The second kappa shape index (κ2) is 23.7.